The van der Waals surface area contributed by atoms with E-state index in [1.807, 2.05) is 24.8 Å². The topological polar surface area (TPSA) is 200 Å². The molecule has 4 aromatic carbocycles. The first-order valence-electron chi connectivity index (χ1n) is 22.0. The molecule has 15 nitrogen and oxygen atoms in total. The number of benzene rings is 4. The van der Waals surface area contributed by atoms with E-state index in [2.05, 4.69) is 68.2 Å². The number of anilines is 2. The third-order valence-corrected chi connectivity index (χ3v) is 15.9. The number of thioether (sulfide) groups is 1. The molecule has 4 heterocycles. The molecule has 0 amide bonds. The van der Waals surface area contributed by atoms with Gasteiger partial charge in [0.2, 0.25) is 10.3 Å². The Bertz CT molecular complexity index is 3210. The summed E-state index contributed by atoms with van der Waals surface area (Å²) in [6.07, 6.45) is -0.830. The molecule has 0 radical (unpaired) electrons. The average Bonchev–Trinajstić information content (AvgIpc) is 3.89. The summed E-state index contributed by atoms with van der Waals surface area (Å²) in [7, 11) is -7.78. The van der Waals surface area contributed by atoms with E-state index >= 15 is 0 Å². The van der Waals surface area contributed by atoms with Crippen LogP contribution in [0.3, 0.4) is 0 Å². The molecule has 0 atom stereocenters. The van der Waals surface area contributed by atoms with Gasteiger partial charge in [0.15, 0.2) is 0 Å². The van der Waals surface area contributed by atoms with Gasteiger partial charge in [0, 0.05) is 63.3 Å². The number of hydrogen-bond acceptors (Lipinski definition) is 16. The summed E-state index contributed by atoms with van der Waals surface area (Å²) >= 11 is 1.63. The normalized spacial score (nSPS) is 14.5. The van der Waals surface area contributed by atoms with Crippen LogP contribution in [-0.4, -0.2) is 80.6 Å². The van der Waals surface area contributed by atoms with Gasteiger partial charge in [-0.05, 0) is 115 Å². The van der Waals surface area contributed by atoms with Crippen molar-refractivity contribution in [2.45, 2.75) is 105 Å². The number of aromatic nitrogens is 2. The van der Waals surface area contributed by atoms with Gasteiger partial charge in [-0.1, -0.05) is 63.4 Å². The largest absolute Gasteiger partial charge is 0.495 e. The second kappa shape index (κ2) is 22.1. The Kier molecular flexibility index (Phi) is 17.4. The zero-order valence-corrected chi connectivity index (χ0v) is 44.7. The fourth-order valence-corrected chi connectivity index (χ4v) is 12.1. The molecule has 0 unspecified atom stereocenters. The van der Waals surface area contributed by atoms with Gasteiger partial charge in [0.05, 0.1) is 33.2 Å². The quantitative estimate of drug-likeness (QED) is 0.0344. The van der Waals surface area contributed by atoms with E-state index in [9.17, 15) is 47.9 Å². The number of fused-ring (bicyclic) bond motifs is 2. The van der Waals surface area contributed by atoms with Crippen LogP contribution >= 0.6 is 34.4 Å². The van der Waals surface area contributed by atoms with Gasteiger partial charge in [-0.3, -0.25) is 9.11 Å². The molecule has 26 heteroatoms. The van der Waals surface area contributed by atoms with Gasteiger partial charge in [-0.25, -0.2) is 9.97 Å². The van der Waals surface area contributed by atoms with Gasteiger partial charge in [-0.15, -0.1) is 20.5 Å². The molecule has 0 saturated carbocycles. The summed E-state index contributed by atoms with van der Waals surface area (Å²) in [5.74, 6) is 0.296. The van der Waals surface area contributed by atoms with E-state index in [0.29, 0.717) is 41.6 Å². The second-order valence-electron chi connectivity index (χ2n) is 17.4. The standard InChI is InChI=1S/C23H26N4O3S2.C22H23F5N4O4S3.Pd/c1-23(2,3)15-8-9-17-19(13-15)31-22(24-17)26-25-18-12-14-6-4-10-27-11-5-7-16(20(14)27)21(18)32(28,29)30;1-4-8-31(9-5-2)16-12-19(38(32,33)34)15(11-17(16)35-3)29-30-20-28-14-7-6-13(10-18(14)36-20)37-22(26,27)21(23,24)25;/h8-9,12-13H,4-7,10-11H2,1-3H3,(H,28,29,30);6-7,10-12H,4-5,8-9H2,1-3H3,(H,32,33,34);. The Labute approximate surface area is 433 Å². The van der Waals surface area contributed by atoms with Crippen LogP contribution in [0.15, 0.2) is 89.7 Å². The first kappa shape index (κ1) is 56.0. The van der Waals surface area contributed by atoms with Crippen LogP contribution in [0.2, 0.25) is 0 Å². The SMILES string of the molecule is CC(C)(C)c1ccc2nc(N=Nc3cc4c5c(c3S(=O)(=O)O)CCCN5CCC4)sc2c1.CCCN(CCC)c1cc(S(=O)(=O)O)c(N=Nc2nc3ccc(SC(F)(F)C(F)(F)F)cc3s2)cc1OC.[Pd]. The number of halogens is 5. The van der Waals surface area contributed by atoms with E-state index in [4.69, 9.17) is 4.74 Å². The van der Waals surface area contributed by atoms with Crippen molar-refractivity contribution in [2.24, 2.45) is 20.5 Å². The maximum absolute atomic E-state index is 13.4. The van der Waals surface area contributed by atoms with Gasteiger partial charge in [0.25, 0.3) is 20.2 Å². The molecule has 2 N–H and O–H groups in total. The van der Waals surface area contributed by atoms with Gasteiger partial charge in [0.1, 0.15) is 26.9 Å². The van der Waals surface area contributed by atoms with Crippen molar-refractivity contribution in [3.63, 3.8) is 0 Å². The van der Waals surface area contributed by atoms with Crippen LogP contribution in [0.1, 0.15) is 77.0 Å². The minimum Gasteiger partial charge on any atom is -0.495 e. The van der Waals surface area contributed by atoms with Crippen LogP contribution in [-0.2, 0) is 58.9 Å². The molecule has 2 aromatic heterocycles. The summed E-state index contributed by atoms with van der Waals surface area (Å²) in [5.41, 5.74) is 5.46. The second-order valence-corrected chi connectivity index (χ2v) is 23.4. The monoisotopic (exact) mass is 1170 g/mol. The molecule has 0 bridgehead atoms. The number of nitrogens with zero attached hydrogens (tertiary/aromatic N) is 8. The summed E-state index contributed by atoms with van der Waals surface area (Å²) in [6.45, 7) is 13.4. The van der Waals surface area contributed by atoms with Crippen LogP contribution in [0.25, 0.3) is 20.4 Å². The van der Waals surface area contributed by atoms with Crippen molar-refractivity contribution in [3.05, 3.63) is 71.3 Å². The van der Waals surface area contributed by atoms with Crippen molar-refractivity contribution >= 4 is 108 Å². The number of rotatable bonds is 14. The maximum Gasteiger partial charge on any atom is 0.464 e. The van der Waals surface area contributed by atoms with E-state index in [1.54, 1.807) is 6.07 Å². The molecular formula is C45H49F5N8O7PdS5. The molecule has 0 aliphatic carbocycles. The molecule has 2 aliphatic heterocycles. The zero-order chi connectivity index (χ0) is 51.0. The van der Waals surface area contributed by atoms with Crippen molar-refractivity contribution in [3.8, 4) is 5.75 Å². The number of thiazole rings is 2. The first-order valence-corrected chi connectivity index (χ1v) is 27.3. The predicted octanol–water partition coefficient (Wildman–Crippen LogP) is 13.8. The number of hydrogen-bond donors (Lipinski definition) is 2. The van der Waals surface area contributed by atoms with Crippen LogP contribution in [0, 0.1) is 0 Å². The van der Waals surface area contributed by atoms with Crippen LogP contribution < -0.4 is 14.5 Å². The molecule has 8 rings (SSSR count). The number of azo groups is 2. The molecule has 0 spiro atoms. The Balaban J connectivity index is 0.000000232. The number of alkyl halides is 5. The van der Waals surface area contributed by atoms with E-state index in [1.165, 1.54) is 42.2 Å². The average molecular weight is 1180 g/mol. The maximum atomic E-state index is 13.4. The van der Waals surface area contributed by atoms with E-state index in [-0.39, 0.29) is 62.4 Å². The Morgan fingerprint density at radius 3 is 1.90 bits per heavy atom. The molecule has 6 aromatic rings. The molecule has 386 valence electrons. The van der Waals surface area contributed by atoms with Crippen LogP contribution in [0.4, 0.5) is 55.0 Å². The molecule has 71 heavy (non-hydrogen) atoms. The van der Waals surface area contributed by atoms with E-state index in [0.717, 1.165) is 90.1 Å². The van der Waals surface area contributed by atoms with Crippen molar-refractivity contribution < 1.29 is 73.1 Å². The minimum atomic E-state index is -5.72. The molecule has 0 saturated heterocycles. The number of methoxy groups -OCH3 is 1. The van der Waals surface area contributed by atoms with Crippen molar-refractivity contribution in [1.82, 2.24) is 9.97 Å². The van der Waals surface area contributed by atoms with Crippen molar-refractivity contribution in [1.29, 1.82) is 0 Å². The third-order valence-electron chi connectivity index (χ3n) is 11.2. The molecular weight excluding hydrogens is 1130 g/mol. The number of ether oxygens (including phenoxy) is 1. The fourth-order valence-electron chi connectivity index (χ4n) is 8.12. The Hall–Kier alpha value is -4.26. The van der Waals surface area contributed by atoms with Gasteiger partial charge >= 0.3 is 11.4 Å². The fraction of sp³-hybridized carbons (Fsp3) is 0.422. The van der Waals surface area contributed by atoms with Gasteiger partial charge in [-0.2, -0.15) is 38.8 Å². The number of aryl methyl sites for hydroxylation is 1. The van der Waals surface area contributed by atoms with Gasteiger partial charge < -0.3 is 14.5 Å². The van der Waals surface area contributed by atoms with E-state index < -0.39 is 48.3 Å². The summed E-state index contributed by atoms with van der Waals surface area (Å²) in [4.78, 5) is 11.9. The van der Waals surface area contributed by atoms with Crippen LogP contribution in [0.5, 0.6) is 5.75 Å². The predicted molar refractivity (Wildman–Crippen MR) is 264 cm³/mol. The molecule has 0 fully saturated rings. The smallest absolute Gasteiger partial charge is 0.464 e. The zero-order valence-electron chi connectivity index (χ0n) is 39.0. The third kappa shape index (κ3) is 12.9. The first-order chi connectivity index (χ1) is 32.8. The summed E-state index contributed by atoms with van der Waals surface area (Å²) < 4.78 is 140. The summed E-state index contributed by atoms with van der Waals surface area (Å²) in [5, 5.41) is 11.9. The Morgan fingerprint density at radius 2 is 1.35 bits per heavy atom. The summed E-state index contributed by atoms with van der Waals surface area (Å²) in [6, 6.07) is 13.9. The van der Waals surface area contributed by atoms with Crippen molar-refractivity contribution in [2.75, 3.05) is 43.1 Å². The minimum absolute atomic E-state index is 0. The molecule has 2 aliphatic rings. The Morgan fingerprint density at radius 1 is 0.775 bits per heavy atom.